The summed E-state index contributed by atoms with van der Waals surface area (Å²) < 4.78 is 40.9. The molecule has 0 radical (unpaired) electrons. The summed E-state index contributed by atoms with van der Waals surface area (Å²) in [5.41, 5.74) is 0.588. The van der Waals surface area contributed by atoms with Gasteiger partial charge in [0.2, 0.25) is 10.0 Å². The summed E-state index contributed by atoms with van der Waals surface area (Å²) in [6.07, 6.45) is 1.52. The Bertz CT molecular complexity index is 992. The maximum Gasteiger partial charge on any atom is 0.257 e. The van der Waals surface area contributed by atoms with Gasteiger partial charge in [-0.25, -0.2) is 17.5 Å². The van der Waals surface area contributed by atoms with Crippen molar-refractivity contribution in [2.45, 2.75) is 30.7 Å². The number of carbonyl (C=O) groups is 1. The summed E-state index contributed by atoms with van der Waals surface area (Å²) in [6, 6.07) is 6.43. The van der Waals surface area contributed by atoms with Crippen LogP contribution in [0.3, 0.4) is 0 Å². The van der Waals surface area contributed by atoms with E-state index in [1.165, 1.54) is 24.3 Å². The molecule has 26 heavy (non-hydrogen) atoms. The van der Waals surface area contributed by atoms with Gasteiger partial charge in [-0.3, -0.25) is 4.79 Å². The highest BCUT2D eigenvalue weighted by Gasteiger charge is 2.30. The molecule has 0 bridgehead atoms. The molecule has 2 aromatic carbocycles. The second-order valence-electron chi connectivity index (χ2n) is 6.08. The monoisotopic (exact) mass is 416 g/mol. The first-order valence-electron chi connectivity index (χ1n) is 7.76. The number of aryl methyl sites for hydroxylation is 1. The second kappa shape index (κ2) is 7.15. The van der Waals surface area contributed by atoms with Crippen molar-refractivity contribution in [3.8, 4) is 0 Å². The van der Waals surface area contributed by atoms with Gasteiger partial charge in [0.05, 0.1) is 15.6 Å². The Morgan fingerprint density at radius 2 is 1.85 bits per heavy atom. The third-order valence-corrected chi connectivity index (χ3v) is 6.18. The summed E-state index contributed by atoms with van der Waals surface area (Å²) in [5.74, 6) is -1.14. The molecule has 0 saturated heterocycles. The Balaban J connectivity index is 1.92. The molecule has 1 aliphatic carbocycles. The van der Waals surface area contributed by atoms with E-state index in [0.29, 0.717) is 5.56 Å². The average Bonchev–Trinajstić information content (AvgIpc) is 3.33. The molecule has 1 fully saturated rings. The van der Waals surface area contributed by atoms with E-state index in [4.69, 9.17) is 23.2 Å². The van der Waals surface area contributed by atoms with Gasteiger partial charge in [0.25, 0.3) is 5.91 Å². The SMILES string of the molecule is Cc1ccc(NC(=O)c2cc(S(=O)(=O)NC3CC3)c(Cl)cc2Cl)cc1F. The lowest BCUT2D eigenvalue weighted by Gasteiger charge is -2.12. The summed E-state index contributed by atoms with van der Waals surface area (Å²) in [7, 11) is -3.87. The van der Waals surface area contributed by atoms with Gasteiger partial charge < -0.3 is 5.32 Å². The van der Waals surface area contributed by atoms with Gasteiger partial charge in [0.1, 0.15) is 10.7 Å². The summed E-state index contributed by atoms with van der Waals surface area (Å²) in [6.45, 7) is 1.60. The first kappa shape index (κ1) is 19.1. The Kier molecular flexibility index (Phi) is 5.25. The molecule has 1 saturated carbocycles. The molecule has 5 nitrogen and oxygen atoms in total. The lowest BCUT2D eigenvalue weighted by molar-refractivity contribution is 0.102. The summed E-state index contributed by atoms with van der Waals surface area (Å²) in [4.78, 5) is 12.3. The third kappa shape index (κ3) is 4.17. The summed E-state index contributed by atoms with van der Waals surface area (Å²) in [5, 5.41) is 2.41. The minimum atomic E-state index is -3.87. The van der Waals surface area contributed by atoms with Crippen molar-refractivity contribution >= 4 is 44.8 Å². The number of rotatable bonds is 5. The van der Waals surface area contributed by atoms with Crippen molar-refractivity contribution in [1.29, 1.82) is 0 Å². The molecule has 1 amide bonds. The number of hydrogen-bond donors (Lipinski definition) is 2. The molecule has 0 unspecified atom stereocenters. The van der Waals surface area contributed by atoms with Crippen molar-refractivity contribution in [1.82, 2.24) is 4.72 Å². The lowest BCUT2D eigenvalue weighted by atomic mass is 10.2. The molecule has 0 heterocycles. The fourth-order valence-electron chi connectivity index (χ4n) is 2.26. The van der Waals surface area contributed by atoms with Crippen LogP contribution in [0.15, 0.2) is 35.2 Å². The number of benzene rings is 2. The van der Waals surface area contributed by atoms with Crippen LogP contribution in [0.25, 0.3) is 0 Å². The van der Waals surface area contributed by atoms with E-state index >= 15 is 0 Å². The van der Waals surface area contributed by atoms with Crippen LogP contribution in [0.1, 0.15) is 28.8 Å². The van der Waals surface area contributed by atoms with Gasteiger partial charge in [-0.05, 0) is 49.6 Å². The minimum absolute atomic E-state index is 0.00884. The number of carbonyl (C=O) groups excluding carboxylic acids is 1. The van der Waals surface area contributed by atoms with E-state index < -0.39 is 21.7 Å². The standard InChI is InChI=1S/C17H15Cl2FN2O3S/c1-9-2-3-11(6-15(9)20)21-17(23)12-7-16(14(19)8-13(12)18)26(24,25)22-10-4-5-10/h2-3,6-8,10,22H,4-5H2,1H3,(H,21,23). The lowest BCUT2D eigenvalue weighted by Crippen LogP contribution is -2.26. The predicted octanol–water partition coefficient (Wildman–Crippen LogP) is 4.13. The van der Waals surface area contributed by atoms with Crippen LogP contribution < -0.4 is 10.0 Å². The highest BCUT2D eigenvalue weighted by atomic mass is 35.5. The molecule has 9 heteroatoms. The van der Waals surface area contributed by atoms with Crippen molar-refractivity contribution in [3.05, 3.63) is 57.3 Å². The van der Waals surface area contributed by atoms with Crippen LogP contribution in [0, 0.1) is 12.7 Å². The van der Waals surface area contributed by atoms with Crippen LogP contribution >= 0.6 is 23.2 Å². The Morgan fingerprint density at radius 1 is 1.15 bits per heavy atom. The van der Waals surface area contributed by atoms with Crippen molar-refractivity contribution in [2.24, 2.45) is 0 Å². The van der Waals surface area contributed by atoms with Gasteiger partial charge >= 0.3 is 0 Å². The van der Waals surface area contributed by atoms with Gasteiger partial charge in [-0.1, -0.05) is 29.3 Å². The Labute approximate surface area is 160 Å². The first-order valence-corrected chi connectivity index (χ1v) is 10.00. The minimum Gasteiger partial charge on any atom is -0.322 e. The molecule has 2 N–H and O–H groups in total. The van der Waals surface area contributed by atoms with Gasteiger partial charge in [-0.2, -0.15) is 0 Å². The largest absolute Gasteiger partial charge is 0.322 e. The Hall–Kier alpha value is -1.67. The number of anilines is 1. The fraction of sp³-hybridized carbons (Fsp3) is 0.235. The molecular formula is C17H15Cl2FN2O3S. The maximum absolute atomic E-state index is 13.6. The molecule has 0 atom stereocenters. The number of hydrogen-bond acceptors (Lipinski definition) is 3. The zero-order valence-electron chi connectivity index (χ0n) is 13.6. The zero-order valence-corrected chi connectivity index (χ0v) is 16.0. The van der Waals surface area contributed by atoms with E-state index in [0.717, 1.165) is 18.9 Å². The molecule has 0 spiro atoms. The van der Waals surface area contributed by atoms with E-state index in [1.54, 1.807) is 6.92 Å². The highest BCUT2D eigenvalue weighted by molar-refractivity contribution is 7.89. The summed E-state index contributed by atoms with van der Waals surface area (Å²) >= 11 is 12.1. The predicted molar refractivity (Wildman–Crippen MR) is 98.9 cm³/mol. The Morgan fingerprint density at radius 3 is 2.46 bits per heavy atom. The second-order valence-corrected chi connectivity index (χ2v) is 8.57. The van der Waals surface area contributed by atoms with Crippen LogP contribution in [0.4, 0.5) is 10.1 Å². The molecule has 138 valence electrons. The van der Waals surface area contributed by atoms with Crippen LogP contribution in [0.5, 0.6) is 0 Å². The quantitative estimate of drug-likeness (QED) is 0.768. The first-order chi connectivity index (χ1) is 12.2. The molecule has 0 aromatic heterocycles. The molecule has 3 rings (SSSR count). The fourth-order valence-corrected chi connectivity index (χ4v) is 4.43. The number of halogens is 3. The van der Waals surface area contributed by atoms with Crippen molar-refractivity contribution in [3.63, 3.8) is 0 Å². The van der Waals surface area contributed by atoms with Gasteiger partial charge in [0.15, 0.2) is 0 Å². The molecule has 0 aliphatic heterocycles. The smallest absolute Gasteiger partial charge is 0.257 e. The molecule has 1 aliphatic rings. The van der Waals surface area contributed by atoms with Gasteiger partial charge in [-0.15, -0.1) is 0 Å². The topological polar surface area (TPSA) is 75.3 Å². The number of amides is 1. The van der Waals surface area contributed by atoms with E-state index in [1.807, 2.05) is 0 Å². The zero-order chi connectivity index (χ0) is 19.1. The van der Waals surface area contributed by atoms with Crippen LogP contribution in [-0.2, 0) is 10.0 Å². The number of nitrogens with one attached hydrogen (secondary N) is 2. The van der Waals surface area contributed by atoms with Crippen molar-refractivity contribution in [2.75, 3.05) is 5.32 Å². The molecule has 2 aromatic rings. The normalized spacial score (nSPS) is 14.3. The maximum atomic E-state index is 13.6. The van der Waals surface area contributed by atoms with Gasteiger partial charge in [0, 0.05) is 11.7 Å². The average molecular weight is 417 g/mol. The van der Waals surface area contributed by atoms with E-state index in [2.05, 4.69) is 10.0 Å². The highest BCUT2D eigenvalue weighted by Crippen LogP contribution is 2.31. The third-order valence-electron chi connectivity index (χ3n) is 3.88. The van der Waals surface area contributed by atoms with Crippen molar-refractivity contribution < 1.29 is 17.6 Å². The van der Waals surface area contributed by atoms with E-state index in [-0.39, 0.29) is 32.2 Å². The van der Waals surface area contributed by atoms with Crippen LogP contribution in [-0.4, -0.2) is 20.4 Å². The van der Waals surface area contributed by atoms with Crippen LogP contribution in [0.2, 0.25) is 10.0 Å². The molecular weight excluding hydrogens is 402 g/mol. The van der Waals surface area contributed by atoms with E-state index in [9.17, 15) is 17.6 Å². The number of sulfonamides is 1.